The minimum Gasteiger partial charge on any atom is -0.481 e. The highest BCUT2D eigenvalue weighted by atomic mass is 32.2. The van der Waals surface area contributed by atoms with Crippen molar-refractivity contribution in [3.8, 4) is 0 Å². The second kappa shape index (κ2) is 6.64. The fourth-order valence-electron chi connectivity index (χ4n) is 3.18. The molecule has 1 aliphatic carbocycles. The van der Waals surface area contributed by atoms with Gasteiger partial charge in [-0.15, -0.1) is 0 Å². The van der Waals surface area contributed by atoms with Crippen LogP contribution in [0.3, 0.4) is 0 Å². The van der Waals surface area contributed by atoms with Crippen LogP contribution < -0.4 is 5.32 Å². The van der Waals surface area contributed by atoms with Crippen LogP contribution in [0, 0.1) is 23.7 Å². The molecule has 1 saturated heterocycles. The molecule has 1 heterocycles. The Kier molecular flexibility index (Phi) is 5.13. The molecule has 1 amide bonds. The first-order valence-electron chi connectivity index (χ1n) is 7.16. The van der Waals surface area contributed by atoms with E-state index in [1.165, 1.54) is 11.5 Å². The van der Waals surface area contributed by atoms with Crippen molar-refractivity contribution < 1.29 is 14.7 Å². The molecule has 3 unspecified atom stereocenters. The number of carboxylic acids is 1. The zero-order valence-corrected chi connectivity index (χ0v) is 12.2. The number of aliphatic carboxylic acids is 1. The van der Waals surface area contributed by atoms with Crippen molar-refractivity contribution in [3.05, 3.63) is 0 Å². The van der Waals surface area contributed by atoms with Crippen molar-refractivity contribution in [2.24, 2.45) is 23.7 Å². The second-order valence-electron chi connectivity index (χ2n) is 5.93. The summed E-state index contributed by atoms with van der Waals surface area (Å²) in [6.45, 7) is 2.75. The molecule has 2 rings (SSSR count). The van der Waals surface area contributed by atoms with Gasteiger partial charge in [-0.1, -0.05) is 6.92 Å². The van der Waals surface area contributed by atoms with Gasteiger partial charge < -0.3 is 10.4 Å². The molecular weight excluding hydrogens is 262 g/mol. The first-order valence-corrected chi connectivity index (χ1v) is 8.31. The minimum atomic E-state index is -0.821. The van der Waals surface area contributed by atoms with Gasteiger partial charge in [-0.25, -0.2) is 0 Å². The van der Waals surface area contributed by atoms with Crippen LogP contribution in [0.15, 0.2) is 0 Å². The fraction of sp³-hybridized carbons (Fsp3) is 0.857. The summed E-state index contributed by atoms with van der Waals surface area (Å²) in [6.07, 6.45) is 3.67. The van der Waals surface area contributed by atoms with Gasteiger partial charge in [0, 0.05) is 6.54 Å². The maximum Gasteiger partial charge on any atom is 0.307 e. The van der Waals surface area contributed by atoms with Gasteiger partial charge in [-0.05, 0) is 49.0 Å². The van der Waals surface area contributed by atoms with Crippen LogP contribution in [-0.4, -0.2) is 35.0 Å². The molecule has 0 aromatic heterocycles. The Bertz CT molecular complexity index is 342. The van der Waals surface area contributed by atoms with Crippen LogP contribution >= 0.6 is 11.8 Å². The Morgan fingerprint density at radius 1 is 1.21 bits per heavy atom. The maximum atomic E-state index is 12.2. The first-order chi connectivity index (χ1) is 9.08. The van der Waals surface area contributed by atoms with Crippen LogP contribution in [-0.2, 0) is 9.59 Å². The van der Waals surface area contributed by atoms with E-state index in [2.05, 4.69) is 5.32 Å². The van der Waals surface area contributed by atoms with Crippen LogP contribution in [0.5, 0.6) is 0 Å². The lowest BCUT2D eigenvalue weighted by Gasteiger charge is -2.23. The normalized spacial score (nSPS) is 32.2. The first kappa shape index (κ1) is 14.7. The molecule has 0 aromatic rings. The summed E-state index contributed by atoms with van der Waals surface area (Å²) < 4.78 is 0. The van der Waals surface area contributed by atoms with E-state index in [4.69, 9.17) is 0 Å². The lowest BCUT2D eigenvalue weighted by atomic mass is 9.95. The zero-order chi connectivity index (χ0) is 13.8. The second-order valence-corrected chi connectivity index (χ2v) is 7.15. The summed E-state index contributed by atoms with van der Waals surface area (Å²) in [5, 5.41) is 12.2. The topological polar surface area (TPSA) is 66.4 Å². The number of hydrogen-bond donors (Lipinski definition) is 2. The van der Waals surface area contributed by atoms with Crippen LogP contribution in [0.2, 0.25) is 0 Å². The molecule has 5 heteroatoms. The summed E-state index contributed by atoms with van der Waals surface area (Å²) in [4.78, 5) is 23.4. The third-order valence-electron chi connectivity index (χ3n) is 4.36. The summed E-state index contributed by atoms with van der Waals surface area (Å²) in [5.74, 6) is 1.59. The molecule has 2 aliphatic rings. The molecule has 1 aliphatic heterocycles. The predicted octanol–water partition coefficient (Wildman–Crippen LogP) is 1.99. The number of thioether (sulfide) groups is 1. The Labute approximate surface area is 118 Å². The zero-order valence-electron chi connectivity index (χ0n) is 11.4. The van der Waals surface area contributed by atoms with Gasteiger partial charge in [0.1, 0.15) is 0 Å². The molecule has 1 saturated carbocycles. The third kappa shape index (κ3) is 3.88. The number of carboxylic acid groups (broad SMARTS) is 1. The molecule has 2 fully saturated rings. The Balaban J connectivity index is 1.82. The van der Waals surface area contributed by atoms with E-state index in [0.29, 0.717) is 24.7 Å². The molecule has 2 N–H and O–H groups in total. The number of amides is 1. The maximum absolute atomic E-state index is 12.2. The van der Waals surface area contributed by atoms with E-state index in [1.807, 2.05) is 18.7 Å². The standard InChI is InChI=1S/C14H23NO3S/c1-9-6-11(12(7-9)14(17)18)13(16)15-8-10-2-4-19-5-3-10/h9-12H,2-8H2,1H3,(H,15,16)(H,17,18). The van der Waals surface area contributed by atoms with Gasteiger partial charge >= 0.3 is 5.97 Å². The van der Waals surface area contributed by atoms with Crippen molar-refractivity contribution >= 4 is 23.6 Å². The summed E-state index contributed by atoms with van der Waals surface area (Å²) >= 11 is 1.97. The SMILES string of the molecule is CC1CC(C(=O)O)C(C(=O)NCC2CCSCC2)C1. The van der Waals surface area contributed by atoms with E-state index < -0.39 is 11.9 Å². The molecule has 108 valence electrons. The van der Waals surface area contributed by atoms with Gasteiger partial charge in [0.25, 0.3) is 0 Å². The average molecular weight is 285 g/mol. The van der Waals surface area contributed by atoms with Crippen molar-refractivity contribution in [2.75, 3.05) is 18.1 Å². The lowest BCUT2D eigenvalue weighted by Crippen LogP contribution is -2.38. The van der Waals surface area contributed by atoms with Crippen LogP contribution in [0.1, 0.15) is 32.6 Å². The van der Waals surface area contributed by atoms with E-state index in [1.54, 1.807) is 0 Å². The number of carbonyl (C=O) groups excluding carboxylic acids is 1. The van der Waals surface area contributed by atoms with E-state index in [-0.39, 0.29) is 11.8 Å². The van der Waals surface area contributed by atoms with Gasteiger partial charge in [0.05, 0.1) is 11.8 Å². The quantitative estimate of drug-likeness (QED) is 0.829. The van der Waals surface area contributed by atoms with Crippen molar-refractivity contribution in [1.82, 2.24) is 5.32 Å². The van der Waals surface area contributed by atoms with Crippen LogP contribution in [0.4, 0.5) is 0 Å². The van der Waals surface area contributed by atoms with Crippen molar-refractivity contribution in [1.29, 1.82) is 0 Å². The monoisotopic (exact) mass is 285 g/mol. The predicted molar refractivity (Wildman–Crippen MR) is 76.1 cm³/mol. The Morgan fingerprint density at radius 2 is 1.84 bits per heavy atom. The van der Waals surface area contributed by atoms with Crippen LogP contribution in [0.25, 0.3) is 0 Å². The smallest absolute Gasteiger partial charge is 0.307 e. The summed E-state index contributed by atoms with van der Waals surface area (Å²) in [6, 6.07) is 0. The average Bonchev–Trinajstić information content (AvgIpc) is 2.79. The van der Waals surface area contributed by atoms with Gasteiger partial charge in [-0.3, -0.25) is 9.59 Å². The molecule has 0 spiro atoms. The number of rotatable bonds is 4. The largest absolute Gasteiger partial charge is 0.481 e. The van der Waals surface area contributed by atoms with Crippen molar-refractivity contribution in [3.63, 3.8) is 0 Å². The van der Waals surface area contributed by atoms with Crippen molar-refractivity contribution in [2.45, 2.75) is 32.6 Å². The Hall–Kier alpha value is -0.710. The third-order valence-corrected chi connectivity index (χ3v) is 5.41. The lowest BCUT2D eigenvalue weighted by molar-refractivity contribution is -0.146. The summed E-state index contributed by atoms with van der Waals surface area (Å²) in [7, 11) is 0. The highest BCUT2D eigenvalue weighted by molar-refractivity contribution is 7.99. The van der Waals surface area contributed by atoms with Gasteiger partial charge in [0.2, 0.25) is 5.91 Å². The molecule has 19 heavy (non-hydrogen) atoms. The van der Waals surface area contributed by atoms with E-state index in [9.17, 15) is 14.7 Å². The molecule has 4 nitrogen and oxygen atoms in total. The number of carbonyl (C=O) groups is 2. The number of nitrogens with one attached hydrogen (secondary N) is 1. The molecule has 3 atom stereocenters. The van der Waals surface area contributed by atoms with Gasteiger partial charge in [0.15, 0.2) is 0 Å². The van der Waals surface area contributed by atoms with E-state index >= 15 is 0 Å². The Morgan fingerprint density at radius 3 is 2.47 bits per heavy atom. The summed E-state index contributed by atoms with van der Waals surface area (Å²) in [5.41, 5.74) is 0. The highest BCUT2D eigenvalue weighted by Crippen LogP contribution is 2.36. The molecular formula is C14H23NO3S. The number of hydrogen-bond acceptors (Lipinski definition) is 3. The molecule has 0 radical (unpaired) electrons. The molecule has 0 bridgehead atoms. The van der Waals surface area contributed by atoms with E-state index in [0.717, 1.165) is 19.4 Å². The fourth-order valence-corrected chi connectivity index (χ4v) is 4.39. The minimum absolute atomic E-state index is 0.0463. The highest BCUT2D eigenvalue weighted by Gasteiger charge is 2.41. The molecule has 0 aromatic carbocycles. The van der Waals surface area contributed by atoms with Gasteiger partial charge in [-0.2, -0.15) is 11.8 Å².